The zero-order chi connectivity index (χ0) is 21.9. The Balaban J connectivity index is 3.11. The summed E-state index contributed by atoms with van der Waals surface area (Å²) in [6.07, 6.45) is 2.53. The van der Waals surface area contributed by atoms with Crippen molar-refractivity contribution in [2.45, 2.75) is 59.3 Å². The van der Waals surface area contributed by atoms with Gasteiger partial charge in [0.25, 0.3) is 0 Å². The maximum atomic E-state index is 13.6. The van der Waals surface area contributed by atoms with Crippen LogP contribution < -0.4 is 0 Å². The fourth-order valence-corrected chi connectivity index (χ4v) is 5.75. The van der Waals surface area contributed by atoms with Crippen molar-refractivity contribution in [2.75, 3.05) is 19.3 Å². The number of unbranched alkanes of at least 4 members (excludes halogenated alkanes) is 1. The molecule has 166 valence electrons. The van der Waals surface area contributed by atoms with Crippen LogP contribution >= 0.6 is 19.4 Å². The minimum atomic E-state index is -4.06. The Hall–Kier alpha value is -1.35. The lowest BCUT2D eigenvalue weighted by molar-refractivity contribution is -0.151. The van der Waals surface area contributed by atoms with E-state index >= 15 is 0 Å². The fraction of sp³-hybridized carbons (Fsp3) is 0.722. The third-order valence-corrected chi connectivity index (χ3v) is 7.64. The Morgan fingerprint density at radius 2 is 1.62 bits per heavy atom. The zero-order valence-electron chi connectivity index (χ0n) is 17.0. The predicted octanol–water partition coefficient (Wildman–Crippen LogP) is 4.27. The molecule has 0 spiro atoms. The normalized spacial score (nSPS) is 17.1. The van der Waals surface area contributed by atoms with Gasteiger partial charge in [-0.1, -0.05) is 27.2 Å². The van der Waals surface area contributed by atoms with E-state index in [1.807, 2.05) is 6.92 Å². The Kier molecular flexibility index (Phi) is 11.6. The quantitative estimate of drug-likeness (QED) is 0.246. The van der Waals surface area contributed by atoms with Crippen molar-refractivity contribution in [3.05, 3.63) is 10.2 Å². The summed E-state index contributed by atoms with van der Waals surface area (Å²) in [5.41, 5.74) is 0. The van der Waals surface area contributed by atoms with Gasteiger partial charge in [-0.25, -0.2) is 0 Å². The molecule has 0 aromatic carbocycles. The second-order valence-electron chi connectivity index (χ2n) is 6.25. The Bertz CT molecular complexity index is 636. The van der Waals surface area contributed by atoms with Gasteiger partial charge in [-0.2, -0.15) is 0 Å². The highest BCUT2D eigenvalue weighted by atomic mass is 32.2. The van der Waals surface area contributed by atoms with Gasteiger partial charge < -0.3 is 14.6 Å². The number of carbonyl (C=O) groups is 3. The van der Waals surface area contributed by atoms with Crippen LogP contribution in [0, 0.1) is 5.92 Å². The van der Waals surface area contributed by atoms with Crippen LogP contribution in [-0.2, 0) is 37.5 Å². The molecule has 0 aromatic heterocycles. The maximum Gasteiger partial charge on any atom is 0.363 e. The van der Waals surface area contributed by atoms with Crippen molar-refractivity contribution >= 4 is 37.3 Å². The molecule has 1 aliphatic heterocycles. The van der Waals surface area contributed by atoms with E-state index < -0.39 is 45.0 Å². The number of esters is 2. The first-order valence-electron chi connectivity index (χ1n) is 9.55. The third kappa shape index (κ3) is 8.50. The van der Waals surface area contributed by atoms with E-state index in [2.05, 4.69) is 0 Å². The number of carboxylic acid groups (broad SMARTS) is 1. The van der Waals surface area contributed by atoms with E-state index in [1.54, 1.807) is 13.8 Å². The van der Waals surface area contributed by atoms with Crippen LogP contribution in [-0.4, -0.2) is 42.4 Å². The van der Waals surface area contributed by atoms with Gasteiger partial charge >= 0.3 is 25.5 Å². The predicted molar refractivity (Wildman–Crippen MR) is 107 cm³/mol. The van der Waals surface area contributed by atoms with Gasteiger partial charge in [-0.3, -0.25) is 28.0 Å². The molecule has 0 unspecified atom stereocenters. The second-order valence-corrected chi connectivity index (χ2v) is 9.42. The van der Waals surface area contributed by atoms with Crippen molar-refractivity contribution in [3.63, 3.8) is 0 Å². The van der Waals surface area contributed by atoms with Crippen LogP contribution in [0.1, 0.15) is 59.3 Å². The van der Waals surface area contributed by atoms with E-state index in [1.165, 1.54) is 11.8 Å². The molecule has 0 aromatic rings. The summed E-state index contributed by atoms with van der Waals surface area (Å²) in [6.45, 7) is 3.98. The topological polar surface area (TPSA) is 125 Å². The van der Waals surface area contributed by atoms with Crippen molar-refractivity contribution in [2.24, 2.45) is 5.92 Å². The summed E-state index contributed by atoms with van der Waals surface area (Å²) < 4.78 is 33.9. The molecule has 9 nitrogen and oxygen atoms in total. The van der Waals surface area contributed by atoms with Gasteiger partial charge in [-0.05, 0) is 24.2 Å². The largest absolute Gasteiger partial charge is 0.481 e. The molecule has 0 fully saturated rings. The van der Waals surface area contributed by atoms with Crippen LogP contribution in [0.4, 0.5) is 0 Å². The lowest BCUT2D eigenvalue weighted by Gasteiger charge is -2.29. The molecular weight excluding hydrogens is 423 g/mol. The zero-order valence-corrected chi connectivity index (χ0v) is 18.7. The maximum absolute atomic E-state index is 13.6. The van der Waals surface area contributed by atoms with Crippen LogP contribution in [0.2, 0.25) is 0 Å². The number of allylic oxidation sites excluding steroid dienone is 2. The van der Waals surface area contributed by atoms with Gasteiger partial charge in [0.15, 0.2) is 0 Å². The van der Waals surface area contributed by atoms with Gasteiger partial charge in [0.05, 0.1) is 11.2 Å². The third-order valence-electron chi connectivity index (χ3n) is 4.12. The van der Waals surface area contributed by atoms with Crippen LogP contribution in [0.3, 0.4) is 0 Å². The molecule has 1 rings (SSSR count). The van der Waals surface area contributed by atoms with Crippen LogP contribution in [0.25, 0.3) is 0 Å². The number of hydrogen-bond acceptors (Lipinski definition) is 9. The highest BCUT2D eigenvalue weighted by Gasteiger charge is 2.40. The van der Waals surface area contributed by atoms with E-state index in [9.17, 15) is 24.1 Å². The number of carbonyl (C=O) groups excluding carboxylic acids is 2. The van der Waals surface area contributed by atoms with Gasteiger partial charge in [-0.15, -0.1) is 11.8 Å². The first-order valence-corrected chi connectivity index (χ1v) is 12.1. The SMILES string of the molecule is CCCCC1=C(P(=O)(OCOC(=O)CC)OCOC(=O)CC)C[C@H](C(=O)O)CS1. The highest BCUT2D eigenvalue weighted by Crippen LogP contribution is 2.62. The molecule has 29 heavy (non-hydrogen) atoms. The first kappa shape index (κ1) is 25.7. The lowest BCUT2D eigenvalue weighted by atomic mass is 10.1. The number of thioether (sulfide) groups is 1. The molecular formula is C18H29O9PS. The molecule has 11 heteroatoms. The number of aliphatic carboxylic acids is 1. The first-order chi connectivity index (χ1) is 13.8. The molecule has 0 aliphatic carbocycles. The van der Waals surface area contributed by atoms with Crippen molar-refractivity contribution in [1.29, 1.82) is 0 Å². The smallest absolute Gasteiger partial charge is 0.363 e. The van der Waals surface area contributed by atoms with Crippen molar-refractivity contribution in [3.8, 4) is 0 Å². The standard InChI is InChI=1S/C18H29O9PS/c1-4-7-8-15-14(9-13(10-29-15)18(21)22)28(23,26-11-24-16(19)5-2)27-12-25-17(20)6-3/h13H,4-12H2,1-3H3,(H,21,22)/t13-/m0/s1. The Morgan fingerprint density at radius 3 is 2.07 bits per heavy atom. The number of ether oxygens (including phenoxy) is 2. The number of hydrogen-bond donors (Lipinski definition) is 1. The molecule has 0 saturated heterocycles. The summed E-state index contributed by atoms with van der Waals surface area (Å²) in [7, 11) is -4.06. The summed E-state index contributed by atoms with van der Waals surface area (Å²) in [4.78, 5) is 35.0. The Morgan fingerprint density at radius 1 is 1.07 bits per heavy atom. The van der Waals surface area contributed by atoms with Crippen molar-refractivity contribution in [1.82, 2.24) is 0 Å². The summed E-state index contributed by atoms with van der Waals surface area (Å²) in [6, 6.07) is 0. The average molecular weight is 452 g/mol. The number of carboxylic acids is 1. The molecule has 0 radical (unpaired) electrons. The van der Waals surface area contributed by atoms with Crippen LogP contribution in [0.15, 0.2) is 10.2 Å². The van der Waals surface area contributed by atoms with Gasteiger partial charge in [0.2, 0.25) is 13.6 Å². The van der Waals surface area contributed by atoms with E-state index in [4.69, 9.17) is 18.5 Å². The summed E-state index contributed by atoms with van der Waals surface area (Å²) >= 11 is 1.31. The summed E-state index contributed by atoms with van der Waals surface area (Å²) in [5.74, 6) is -2.50. The molecule has 1 atom stereocenters. The molecule has 0 saturated carbocycles. The lowest BCUT2D eigenvalue weighted by Crippen LogP contribution is -2.22. The van der Waals surface area contributed by atoms with Crippen LogP contribution in [0.5, 0.6) is 0 Å². The Labute approximate surface area is 175 Å². The second kappa shape index (κ2) is 13.1. The minimum absolute atomic E-state index is 0.0118. The van der Waals surface area contributed by atoms with E-state index in [0.29, 0.717) is 12.2 Å². The van der Waals surface area contributed by atoms with Gasteiger partial charge in [0.1, 0.15) is 0 Å². The van der Waals surface area contributed by atoms with Gasteiger partial charge in [0, 0.05) is 18.6 Å². The molecule has 1 aliphatic rings. The summed E-state index contributed by atoms with van der Waals surface area (Å²) in [5, 5.41) is 9.64. The monoisotopic (exact) mass is 452 g/mol. The van der Waals surface area contributed by atoms with Crippen molar-refractivity contribution < 1.29 is 42.6 Å². The fourth-order valence-electron chi connectivity index (χ4n) is 2.39. The molecule has 1 heterocycles. The minimum Gasteiger partial charge on any atom is -0.481 e. The number of rotatable bonds is 13. The molecule has 0 amide bonds. The highest BCUT2D eigenvalue weighted by molar-refractivity contribution is 8.03. The van der Waals surface area contributed by atoms with E-state index in [0.717, 1.165) is 17.7 Å². The molecule has 1 N–H and O–H groups in total. The van der Waals surface area contributed by atoms with E-state index in [-0.39, 0.29) is 24.6 Å². The average Bonchev–Trinajstić information content (AvgIpc) is 2.71. The molecule has 0 bridgehead atoms.